The van der Waals surface area contributed by atoms with E-state index in [0.717, 1.165) is 48.6 Å². The molecule has 3 aromatic rings. The molecule has 1 aromatic heterocycles. The molecule has 0 radical (unpaired) electrons. The first kappa shape index (κ1) is 19.5. The Hall–Kier alpha value is -1.80. The van der Waals surface area contributed by atoms with Crippen LogP contribution in [0.1, 0.15) is 23.4 Å². The second-order valence-corrected chi connectivity index (χ2v) is 10.4. The number of aryl methyl sites for hydroxylation is 1. The number of aromatic nitrogens is 1. The summed E-state index contributed by atoms with van der Waals surface area (Å²) in [5, 5.41) is 1.13. The van der Waals surface area contributed by atoms with Crippen LogP contribution in [0.2, 0.25) is 0 Å². The van der Waals surface area contributed by atoms with Crippen LogP contribution in [0.5, 0.6) is 0 Å². The maximum absolute atomic E-state index is 12.5. The topological polar surface area (TPSA) is 62.3 Å². The molecule has 1 saturated heterocycles. The van der Waals surface area contributed by atoms with Crippen LogP contribution in [-0.2, 0) is 16.6 Å². The van der Waals surface area contributed by atoms with Crippen LogP contribution in [-0.4, -0.2) is 37.9 Å². The molecule has 0 amide bonds. The van der Waals surface area contributed by atoms with Crippen molar-refractivity contribution < 1.29 is 8.42 Å². The van der Waals surface area contributed by atoms with Gasteiger partial charge in [-0.3, -0.25) is 4.90 Å². The summed E-state index contributed by atoms with van der Waals surface area (Å²) in [7, 11) is -3.45. The van der Waals surface area contributed by atoms with Gasteiger partial charge < -0.3 is 0 Å². The Kier molecular flexibility index (Phi) is 5.78. The standard InChI is InChI=1S/C21H25N3O2S2/c1-16-8-10-18(11-9-16)28(25,26)22-13-17-5-4-12-24(14-17)15-21-23-19-6-2-3-7-20(19)27-21/h2-3,6-11,17,22H,4-5,12-15H2,1H3/t17-/m0/s1. The number of piperidine rings is 1. The monoisotopic (exact) mass is 415 g/mol. The van der Waals surface area contributed by atoms with E-state index in [1.54, 1.807) is 23.5 Å². The van der Waals surface area contributed by atoms with Crippen LogP contribution in [0.4, 0.5) is 0 Å². The molecule has 1 aliphatic rings. The Labute approximate surface area is 170 Å². The van der Waals surface area contributed by atoms with E-state index in [0.29, 0.717) is 17.4 Å². The molecule has 7 heteroatoms. The molecule has 5 nitrogen and oxygen atoms in total. The number of para-hydroxylation sites is 1. The number of likely N-dealkylation sites (tertiary alicyclic amines) is 1. The molecule has 2 aromatic carbocycles. The van der Waals surface area contributed by atoms with E-state index in [4.69, 9.17) is 4.98 Å². The Bertz CT molecular complexity index is 1010. The summed E-state index contributed by atoms with van der Waals surface area (Å²) in [5.74, 6) is 0.323. The Morgan fingerprint density at radius 3 is 2.75 bits per heavy atom. The van der Waals surface area contributed by atoms with Gasteiger partial charge in [0.05, 0.1) is 21.7 Å². The predicted molar refractivity (Wildman–Crippen MR) is 114 cm³/mol. The lowest BCUT2D eigenvalue weighted by Crippen LogP contribution is -2.40. The smallest absolute Gasteiger partial charge is 0.240 e. The zero-order chi connectivity index (χ0) is 19.6. The molecule has 1 atom stereocenters. The molecule has 1 aliphatic heterocycles. The molecule has 0 bridgehead atoms. The van der Waals surface area contributed by atoms with Gasteiger partial charge in [-0.25, -0.2) is 18.1 Å². The minimum Gasteiger partial charge on any atom is -0.296 e. The molecule has 0 unspecified atom stereocenters. The van der Waals surface area contributed by atoms with Gasteiger partial charge in [0.2, 0.25) is 10.0 Å². The van der Waals surface area contributed by atoms with E-state index in [9.17, 15) is 8.42 Å². The zero-order valence-corrected chi connectivity index (χ0v) is 17.6. The average molecular weight is 416 g/mol. The third kappa shape index (κ3) is 4.60. The van der Waals surface area contributed by atoms with Crippen molar-refractivity contribution in [3.8, 4) is 0 Å². The van der Waals surface area contributed by atoms with Crippen molar-refractivity contribution in [3.05, 3.63) is 59.1 Å². The first-order chi connectivity index (χ1) is 13.5. The van der Waals surface area contributed by atoms with Crippen LogP contribution in [0.25, 0.3) is 10.2 Å². The lowest BCUT2D eigenvalue weighted by molar-refractivity contribution is 0.169. The number of fused-ring (bicyclic) bond motifs is 1. The fraction of sp³-hybridized carbons (Fsp3) is 0.381. The summed E-state index contributed by atoms with van der Waals surface area (Å²) >= 11 is 1.74. The second kappa shape index (κ2) is 8.29. The molecule has 28 heavy (non-hydrogen) atoms. The van der Waals surface area contributed by atoms with Gasteiger partial charge >= 0.3 is 0 Å². The fourth-order valence-electron chi connectivity index (χ4n) is 3.67. The summed E-state index contributed by atoms with van der Waals surface area (Å²) < 4.78 is 29.1. The van der Waals surface area contributed by atoms with Crippen molar-refractivity contribution >= 4 is 31.6 Å². The van der Waals surface area contributed by atoms with Crippen LogP contribution < -0.4 is 4.72 Å². The maximum Gasteiger partial charge on any atom is 0.240 e. The molecule has 1 fully saturated rings. The highest BCUT2D eigenvalue weighted by Gasteiger charge is 2.23. The molecule has 0 spiro atoms. The van der Waals surface area contributed by atoms with Crippen molar-refractivity contribution in [2.75, 3.05) is 19.6 Å². The minimum absolute atomic E-state index is 0.323. The van der Waals surface area contributed by atoms with Gasteiger partial charge in [-0.05, 0) is 56.5 Å². The van der Waals surface area contributed by atoms with Crippen molar-refractivity contribution in [3.63, 3.8) is 0 Å². The normalized spacial score (nSPS) is 18.5. The van der Waals surface area contributed by atoms with Gasteiger partial charge in [-0.15, -0.1) is 11.3 Å². The van der Waals surface area contributed by atoms with Crippen LogP contribution >= 0.6 is 11.3 Å². The summed E-state index contributed by atoms with van der Waals surface area (Å²) in [6.07, 6.45) is 2.13. The largest absolute Gasteiger partial charge is 0.296 e. The zero-order valence-electron chi connectivity index (χ0n) is 16.0. The number of hydrogen-bond acceptors (Lipinski definition) is 5. The summed E-state index contributed by atoms with van der Waals surface area (Å²) in [4.78, 5) is 7.46. The van der Waals surface area contributed by atoms with E-state index in [1.165, 1.54) is 4.70 Å². The van der Waals surface area contributed by atoms with Crippen LogP contribution in [0.15, 0.2) is 53.4 Å². The molecule has 148 valence electrons. The Morgan fingerprint density at radius 2 is 1.96 bits per heavy atom. The van der Waals surface area contributed by atoms with Crippen molar-refractivity contribution in [2.24, 2.45) is 5.92 Å². The number of thiazole rings is 1. The summed E-state index contributed by atoms with van der Waals surface area (Å²) in [6, 6.07) is 15.2. The fourth-order valence-corrected chi connectivity index (χ4v) is 5.79. The van der Waals surface area contributed by atoms with E-state index in [1.807, 2.05) is 37.3 Å². The van der Waals surface area contributed by atoms with E-state index >= 15 is 0 Å². The number of nitrogens with zero attached hydrogens (tertiary/aromatic N) is 2. The number of rotatable bonds is 6. The van der Waals surface area contributed by atoms with Gasteiger partial charge in [-0.1, -0.05) is 29.8 Å². The Morgan fingerprint density at radius 1 is 1.18 bits per heavy atom. The number of sulfonamides is 1. The van der Waals surface area contributed by atoms with Crippen molar-refractivity contribution in [1.29, 1.82) is 0 Å². The van der Waals surface area contributed by atoms with E-state index < -0.39 is 10.0 Å². The SMILES string of the molecule is Cc1ccc(S(=O)(=O)NC[C@@H]2CCCN(Cc3nc4ccccc4s3)C2)cc1. The van der Waals surface area contributed by atoms with Crippen molar-refractivity contribution in [2.45, 2.75) is 31.2 Å². The molecule has 4 rings (SSSR count). The summed E-state index contributed by atoms with van der Waals surface area (Å²) in [5.41, 5.74) is 2.11. The van der Waals surface area contributed by atoms with Crippen LogP contribution in [0.3, 0.4) is 0 Å². The summed E-state index contributed by atoms with van der Waals surface area (Å²) in [6.45, 7) is 5.20. The van der Waals surface area contributed by atoms with Gasteiger partial charge in [0.1, 0.15) is 5.01 Å². The molecule has 0 saturated carbocycles. The number of benzene rings is 2. The molecular weight excluding hydrogens is 390 g/mol. The highest BCUT2D eigenvalue weighted by molar-refractivity contribution is 7.89. The molecule has 2 heterocycles. The van der Waals surface area contributed by atoms with Gasteiger partial charge in [0.15, 0.2) is 0 Å². The molecule has 0 aliphatic carbocycles. The van der Waals surface area contributed by atoms with Crippen molar-refractivity contribution in [1.82, 2.24) is 14.6 Å². The third-order valence-corrected chi connectivity index (χ3v) is 7.65. The molecule has 1 N–H and O–H groups in total. The lowest BCUT2D eigenvalue weighted by Gasteiger charge is -2.32. The first-order valence-electron chi connectivity index (χ1n) is 9.63. The van der Waals surface area contributed by atoms with Gasteiger partial charge in [0, 0.05) is 13.1 Å². The lowest BCUT2D eigenvalue weighted by atomic mass is 9.98. The van der Waals surface area contributed by atoms with Gasteiger partial charge in [-0.2, -0.15) is 0 Å². The quantitative estimate of drug-likeness (QED) is 0.665. The highest BCUT2D eigenvalue weighted by Crippen LogP contribution is 2.25. The van der Waals surface area contributed by atoms with Crippen LogP contribution in [0, 0.1) is 12.8 Å². The van der Waals surface area contributed by atoms with E-state index in [2.05, 4.69) is 15.7 Å². The second-order valence-electron chi connectivity index (χ2n) is 7.48. The maximum atomic E-state index is 12.5. The molecular formula is C21H25N3O2S2. The minimum atomic E-state index is -3.45. The van der Waals surface area contributed by atoms with E-state index in [-0.39, 0.29) is 0 Å². The first-order valence-corrected chi connectivity index (χ1v) is 11.9. The Balaban J connectivity index is 1.35. The number of nitrogens with one attached hydrogen (secondary N) is 1. The van der Waals surface area contributed by atoms with Gasteiger partial charge in [0.25, 0.3) is 0 Å². The average Bonchev–Trinajstić information content (AvgIpc) is 3.09. The number of hydrogen-bond donors (Lipinski definition) is 1. The predicted octanol–water partition coefficient (Wildman–Crippen LogP) is 3.80. The highest BCUT2D eigenvalue weighted by atomic mass is 32.2. The third-order valence-electron chi connectivity index (χ3n) is 5.19.